The molecule has 1 aliphatic rings. The minimum Gasteiger partial charge on any atom is -0.497 e. The van der Waals surface area contributed by atoms with Gasteiger partial charge in [-0.05, 0) is 66.0 Å². The van der Waals surface area contributed by atoms with Crippen molar-refractivity contribution in [2.45, 2.75) is 65.2 Å². The van der Waals surface area contributed by atoms with Crippen molar-refractivity contribution < 1.29 is 33.3 Å². The molecule has 41 heavy (non-hydrogen) atoms. The van der Waals surface area contributed by atoms with Crippen LogP contribution in [-0.4, -0.2) is 78.3 Å². The number of methoxy groups -OCH3 is 2. The maximum Gasteiger partial charge on any atom is 0.415 e. The molecule has 0 radical (unpaired) electrons. The molecule has 222 valence electrons. The topological polar surface area (TPSA) is 138 Å². The largest absolute Gasteiger partial charge is 0.497 e. The number of anilines is 1. The number of carbonyl (C=O) groups excluding carboxylic acids is 3. The molecule has 3 amide bonds. The van der Waals surface area contributed by atoms with Crippen molar-refractivity contribution in [1.82, 2.24) is 14.7 Å². The van der Waals surface area contributed by atoms with Gasteiger partial charge in [-0.1, -0.05) is 5.92 Å². The summed E-state index contributed by atoms with van der Waals surface area (Å²) in [7, 11) is 4.53. The monoisotopic (exact) mass is 569 g/mol. The summed E-state index contributed by atoms with van der Waals surface area (Å²) in [6, 6.07) is 4.73. The number of likely N-dealkylation sites (tertiary alicyclic amines) is 1. The van der Waals surface area contributed by atoms with E-state index in [4.69, 9.17) is 24.7 Å². The van der Waals surface area contributed by atoms with E-state index in [1.807, 2.05) is 0 Å². The van der Waals surface area contributed by atoms with Gasteiger partial charge in [0.1, 0.15) is 28.3 Å². The zero-order valence-electron chi connectivity index (χ0n) is 25.2. The van der Waals surface area contributed by atoms with Gasteiger partial charge in [0.25, 0.3) is 5.91 Å². The molecule has 0 unspecified atom stereocenters. The average molecular weight is 570 g/mol. The van der Waals surface area contributed by atoms with Crippen molar-refractivity contribution >= 4 is 23.9 Å². The molecule has 0 bridgehead atoms. The SMILES string of the molecule is COc1cc(C#Cc2nn([C@H]3CCN(C(=O)OC(C)(C)C)C3)c(N(C)C(=O)OC(C)(C)C)c2C(N)=O)cc(OC)c1. The van der Waals surface area contributed by atoms with Crippen LogP contribution in [-0.2, 0) is 9.47 Å². The highest BCUT2D eigenvalue weighted by atomic mass is 16.6. The van der Waals surface area contributed by atoms with Crippen molar-refractivity contribution in [2.24, 2.45) is 5.73 Å². The van der Waals surface area contributed by atoms with Crippen molar-refractivity contribution in [3.8, 4) is 23.3 Å². The van der Waals surface area contributed by atoms with E-state index in [0.717, 1.165) is 0 Å². The van der Waals surface area contributed by atoms with Gasteiger partial charge in [-0.3, -0.25) is 9.69 Å². The van der Waals surface area contributed by atoms with Crippen molar-refractivity contribution in [1.29, 1.82) is 0 Å². The number of benzene rings is 1. The number of nitrogens with zero attached hydrogens (tertiary/aromatic N) is 4. The fraction of sp³-hybridized carbons (Fsp3) is 0.517. The number of nitrogens with two attached hydrogens (primary N) is 1. The van der Waals surface area contributed by atoms with Crippen molar-refractivity contribution in [3.63, 3.8) is 0 Å². The number of aromatic nitrogens is 2. The van der Waals surface area contributed by atoms with E-state index in [-0.39, 0.29) is 23.6 Å². The second kappa shape index (κ2) is 12.0. The Hall–Kier alpha value is -4.40. The van der Waals surface area contributed by atoms with E-state index in [1.54, 1.807) is 64.6 Å². The fourth-order valence-corrected chi connectivity index (χ4v) is 4.18. The number of carbonyl (C=O) groups is 3. The molecule has 2 N–H and O–H groups in total. The predicted octanol–water partition coefficient (Wildman–Crippen LogP) is 3.95. The Morgan fingerprint density at radius 2 is 1.56 bits per heavy atom. The predicted molar refractivity (Wildman–Crippen MR) is 152 cm³/mol. The Morgan fingerprint density at radius 1 is 0.976 bits per heavy atom. The first-order valence-electron chi connectivity index (χ1n) is 13.1. The summed E-state index contributed by atoms with van der Waals surface area (Å²) < 4.78 is 23.2. The van der Waals surface area contributed by atoms with Gasteiger partial charge in [-0.2, -0.15) is 5.10 Å². The van der Waals surface area contributed by atoms with Crippen molar-refractivity contribution in [3.05, 3.63) is 35.0 Å². The maximum atomic E-state index is 13.1. The van der Waals surface area contributed by atoms with Crippen LogP contribution in [0.5, 0.6) is 11.5 Å². The lowest BCUT2D eigenvalue weighted by atomic mass is 10.1. The molecule has 1 aromatic heterocycles. The summed E-state index contributed by atoms with van der Waals surface area (Å²) >= 11 is 0. The summed E-state index contributed by atoms with van der Waals surface area (Å²) in [5.74, 6) is 6.28. The van der Waals surface area contributed by atoms with Crippen LogP contribution < -0.4 is 20.1 Å². The summed E-state index contributed by atoms with van der Waals surface area (Å²) in [6.07, 6.45) is -0.676. The summed E-state index contributed by atoms with van der Waals surface area (Å²) in [5, 5.41) is 4.63. The second-order valence-corrected chi connectivity index (χ2v) is 11.6. The maximum absolute atomic E-state index is 13.1. The van der Waals surface area contributed by atoms with Gasteiger partial charge >= 0.3 is 12.2 Å². The standard InChI is InChI=1S/C29H39N5O7/c1-28(2,3)40-26(36)32(7)25-23(24(30)35)22(11-10-18-14-20(38-8)16-21(15-18)39-9)31-34(25)19-12-13-33(17-19)27(37)41-29(4,5)6/h14-16,19H,12-13,17H2,1-9H3,(H2,30,35)/t19-/m0/s1. The number of primary amides is 1. The van der Waals surface area contributed by atoms with Gasteiger partial charge in [0.15, 0.2) is 11.5 Å². The first-order valence-corrected chi connectivity index (χ1v) is 13.1. The van der Waals surface area contributed by atoms with E-state index in [9.17, 15) is 14.4 Å². The number of amides is 3. The molecule has 1 fully saturated rings. The molecule has 1 saturated heterocycles. The molecular weight excluding hydrogens is 530 g/mol. The number of rotatable bonds is 5. The van der Waals surface area contributed by atoms with E-state index in [0.29, 0.717) is 30.0 Å². The summed E-state index contributed by atoms with van der Waals surface area (Å²) in [5.41, 5.74) is 4.95. The van der Waals surface area contributed by atoms with Crippen LogP contribution in [0.2, 0.25) is 0 Å². The Kier molecular flexibility index (Phi) is 9.11. The molecule has 1 aromatic carbocycles. The van der Waals surface area contributed by atoms with Gasteiger partial charge in [0, 0.05) is 31.8 Å². The van der Waals surface area contributed by atoms with Gasteiger partial charge < -0.3 is 29.6 Å². The Bertz CT molecular complexity index is 1350. The zero-order valence-corrected chi connectivity index (χ0v) is 25.2. The molecule has 2 aromatic rings. The summed E-state index contributed by atoms with van der Waals surface area (Å²) in [6.45, 7) is 11.2. The molecule has 1 aliphatic heterocycles. The third-order valence-corrected chi connectivity index (χ3v) is 5.95. The smallest absolute Gasteiger partial charge is 0.415 e. The fourth-order valence-electron chi connectivity index (χ4n) is 4.18. The molecule has 0 aliphatic carbocycles. The van der Waals surface area contributed by atoms with Crippen LogP contribution in [0, 0.1) is 11.8 Å². The number of ether oxygens (including phenoxy) is 4. The highest BCUT2D eigenvalue weighted by Gasteiger charge is 2.37. The third kappa shape index (κ3) is 7.84. The van der Waals surface area contributed by atoms with Gasteiger partial charge in [-0.15, -0.1) is 0 Å². The average Bonchev–Trinajstić information content (AvgIpc) is 3.50. The zero-order chi connectivity index (χ0) is 30.7. The quantitative estimate of drug-likeness (QED) is 0.534. The van der Waals surface area contributed by atoms with Gasteiger partial charge in [0.05, 0.1) is 20.3 Å². The molecule has 1 atom stereocenters. The molecule has 0 spiro atoms. The Morgan fingerprint density at radius 3 is 2.07 bits per heavy atom. The van der Waals surface area contributed by atoms with Crippen LogP contribution >= 0.6 is 0 Å². The first-order chi connectivity index (χ1) is 19.0. The molecular formula is C29H39N5O7. The van der Waals surface area contributed by atoms with Gasteiger partial charge in [0.2, 0.25) is 0 Å². The highest BCUT2D eigenvalue weighted by Crippen LogP contribution is 2.32. The lowest BCUT2D eigenvalue weighted by Gasteiger charge is -2.27. The van der Waals surface area contributed by atoms with E-state index in [2.05, 4.69) is 16.9 Å². The van der Waals surface area contributed by atoms with Crippen LogP contribution in [0.25, 0.3) is 0 Å². The molecule has 0 saturated carbocycles. The van der Waals surface area contributed by atoms with Gasteiger partial charge in [-0.25, -0.2) is 14.3 Å². The minimum absolute atomic E-state index is 0.0450. The van der Waals surface area contributed by atoms with Crippen molar-refractivity contribution in [2.75, 3.05) is 39.3 Å². The Labute approximate surface area is 240 Å². The first kappa shape index (κ1) is 31.1. The normalized spacial score (nSPS) is 15.0. The third-order valence-electron chi connectivity index (χ3n) is 5.95. The van der Waals surface area contributed by atoms with Crippen LogP contribution in [0.15, 0.2) is 18.2 Å². The second-order valence-electron chi connectivity index (χ2n) is 11.6. The van der Waals surface area contributed by atoms with Crippen LogP contribution in [0.4, 0.5) is 15.4 Å². The number of hydrogen-bond acceptors (Lipinski definition) is 8. The van der Waals surface area contributed by atoms with E-state index < -0.39 is 35.3 Å². The lowest BCUT2D eigenvalue weighted by Crippen LogP contribution is -2.37. The molecule has 12 heteroatoms. The molecule has 2 heterocycles. The van der Waals surface area contributed by atoms with Crippen LogP contribution in [0.3, 0.4) is 0 Å². The minimum atomic E-state index is -0.823. The summed E-state index contributed by atoms with van der Waals surface area (Å²) in [4.78, 5) is 41.4. The van der Waals surface area contributed by atoms with Crippen LogP contribution in [0.1, 0.15) is 75.6 Å². The molecule has 12 nitrogen and oxygen atoms in total. The van der Waals surface area contributed by atoms with E-state index in [1.165, 1.54) is 30.8 Å². The Balaban J connectivity index is 2.11. The molecule has 3 rings (SSSR count). The number of hydrogen-bond donors (Lipinski definition) is 1. The van der Waals surface area contributed by atoms with E-state index >= 15 is 0 Å². The lowest BCUT2D eigenvalue weighted by molar-refractivity contribution is 0.0287. The highest BCUT2D eigenvalue weighted by molar-refractivity contribution is 6.03.